The smallest absolute Gasteiger partial charge is 0.407 e. The first kappa shape index (κ1) is 43.7. The van der Waals surface area contributed by atoms with Crippen LogP contribution in [0.15, 0.2) is 79.0 Å². The van der Waals surface area contributed by atoms with E-state index >= 15 is 0 Å². The van der Waals surface area contributed by atoms with Crippen LogP contribution in [0.2, 0.25) is 0 Å². The van der Waals surface area contributed by atoms with E-state index in [4.69, 9.17) is 14.7 Å². The molecule has 0 unspecified atom stereocenters. The number of amides is 3. The lowest BCUT2D eigenvalue weighted by Crippen LogP contribution is -2.51. The molecule has 3 amide bonds. The number of anilines is 1. The maximum absolute atomic E-state index is 13.8. The monoisotopic (exact) mass is 879 g/mol. The summed E-state index contributed by atoms with van der Waals surface area (Å²) in [6.07, 6.45) is 2.62. The van der Waals surface area contributed by atoms with Crippen LogP contribution in [0.1, 0.15) is 93.2 Å². The minimum Gasteiger partial charge on any atom is -0.465 e. The normalized spacial score (nSPS) is 18.6. The fraction of sp³-hybridized carbons (Fsp3) is 0.391. The molecule has 6 aromatic rings. The highest BCUT2D eigenvalue weighted by Crippen LogP contribution is 2.48. The Morgan fingerprint density at radius 1 is 0.781 bits per heavy atom. The largest absolute Gasteiger partial charge is 0.465 e. The Bertz CT molecular complexity index is 2680. The molecule has 5 N–H and O–H groups in total. The van der Waals surface area contributed by atoms with E-state index in [1.807, 2.05) is 38.1 Å². The number of carboxylic acid groups (broad SMARTS) is 1. The fourth-order valence-corrected chi connectivity index (χ4v) is 9.14. The summed E-state index contributed by atoms with van der Waals surface area (Å²) < 4.78 is 37.2. The van der Waals surface area contributed by atoms with Gasteiger partial charge in [-0.2, -0.15) is 8.78 Å². The number of ether oxygens (including phenoxy) is 2. The number of aromatic nitrogens is 5. The zero-order valence-corrected chi connectivity index (χ0v) is 36.0. The van der Waals surface area contributed by atoms with Gasteiger partial charge in [-0.1, -0.05) is 39.8 Å². The third kappa shape index (κ3) is 8.68. The van der Waals surface area contributed by atoms with E-state index in [-0.39, 0.29) is 41.6 Å². The lowest BCUT2D eigenvalue weighted by molar-refractivity contribution is -0.135. The zero-order valence-electron chi connectivity index (χ0n) is 36.0. The Morgan fingerprint density at radius 3 is 2.02 bits per heavy atom. The van der Waals surface area contributed by atoms with Crippen molar-refractivity contribution in [1.82, 2.24) is 40.0 Å². The van der Waals surface area contributed by atoms with Crippen LogP contribution in [0.3, 0.4) is 0 Å². The maximum Gasteiger partial charge on any atom is 0.407 e. The number of methoxy groups -OCH3 is 1. The summed E-state index contributed by atoms with van der Waals surface area (Å²) >= 11 is 0. The lowest BCUT2D eigenvalue weighted by atomic mass is 10.0. The van der Waals surface area contributed by atoms with Crippen LogP contribution >= 0.6 is 0 Å². The van der Waals surface area contributed by atoms with Gasteiger partial charge in [-0.25, -0.2) is 19.6 Å². The number of carbonyl (C=O) groups excluding carboxylic acids is 3. The molecule has 2 saturated heterocycles. The number of rotatable bonds is 13. The molecule has 0 aliphatic carbocycles. The van der Waals surface area contributed by atoms with Gasteiger partial charge in [-0.15, -0.1) is 0 Å². The zero-order chi connectivity index (χ0) is 45.4. The molecule has 3 aromatic carbocycles. The van der Waals surface area contributed by atoms with Gasteiger partial charge >= 0.3 is 18.8 Å². The summed E-state index contributed by atoms with van der Waals surface area (Å²) in [4.78, 5) is 71.8. The van der Waals surface area contributed by atoms with Gasteiger partial charge in [0.25, 0.3) is 5.91 Å². The molecule has 5 atom stereocenters. The van der Waals surface area contributed by atoms with Crippen LogP contribution in [-0.4, -0.2) is 90.9 Å². The number of alkyl carbamates (subject to hydrolysis) is 1. The number of hydrogen-bond acceptors (Lipinski definition) is 9. The Kier molecular flexibility index (Phi) is 12.3. The molecule has 336 valence electrons. The molecule has 16 nitrogen and oxygen atoms in total. The number of fused-ring (bicyclic) bond motifs is 2. The molecule has 0 saturated carbocycles. The molecule has 2 fully saturated rings. The first-order valence-electron chi connectivity index (χ1n) is 21.4. The maximum atomic E-state index is 13.8. The van der Waals surface area contributed by atoms with Crippen LogP contribution in [0.25, 0.3) is 33.6 Å². The summed E-state index contributed by atoms with van der Waals surface area (Å²) in [7, 11) is 1.27. The summed E-state index contributed by atoms with van der Waals surface area (Å²) in [5, 5.41) is 14.4. The van der Waals surface area contributed by atoms with E-state index < -0.39 is 36.8 Å². The molecule has 0 spiro atoms. The van der Waals surface area contributed by atoms with Gasteiger partial charge in [-0.05, 0) is 109 Å². The van der Waals surface area contributed by atoms with Crippen LogP contribution in [0.5, 0.6) is 5.75 Å². The molecule has 64 heavy (non-hydrogen) atoms. The molecule has 2 aliphatic heterocycles. The number of nitrogens with one attached hydrogen (secondary N) is 4. The summed E-state index contributed by atoms with van der Waals surface area (Å²) in [5.41, 5.74) is 6.18. The van der Waals surface area contributed by atoms with Gasteiger partial charge in [0.1, 0.15) is 23.7 Å². The number of H-pyrrole nitrogens is 2. The average molecular weight is 880 g/mol. The highest BCUT2D eigenvalue weighted by molar-refractivity contribution is 5.91. The van der Waals surface area contributed by atoms with Crippen molar-refractivity contribution in [3.05, 3.63) is 95.9 Å². The van der Waals surface area contributed by atoms with Crippen molar-refractivity contribution >= 4 is 51.8 Å². The Balaban J connectivity index is 1.10. The van der Waals surface area contributed by atoms with E-state index in [1.165, 1.54) is 23.8 Å². The number of alkyl halides is 2. The fourth-order valence-electron chi connectivity index (χ4n) is 9.14. The second-order valence-corrected chi connectivity index (χ2v) is 17.0. The van der Waals surface area contributed by atoms with Crippen molar-refractivity contribution < 1.29 is 42.5 Å². The summed E-state index contributed by atoms with van der Waals surface area (Å²) in [5.74, 6) is 0.0531. The predicted molar refractivity (Wildman–Crippen MR) is 234 cm³/mol. The second kappa shape index (κ2) is 18.0. The number of halogens is 2. The van der Waals surface area contributed by atoms with Crippen LogP contribution in [0.4, 0.5) is 24.1 Å². The summed E-state index contributed by atoms with van der Waals surface area (Å²) in [6, 6.07) is 19.8. The van der Waals surface area contributed by atoms with Gasteiger partial charge in [0, 0.05) is 18.4 Å². The van der Waals surface area contributed by atoms with E-state index in [1.54, 1.807) is 49.2 Å². The molecule has 5 heterocycles. The number of benzene rings is 3. The standard InChI is InChI=1S/C46H51F2N9O7/c1-24(2)38(53-45(60)61)42(58)55-20-6-8-36(55)40-49-30-16-10-26(22-32(30)51-40)34-18-19-35(57(34)28-12-14-29(15-13-28)64-44(47)48)27-11-17-31-33(23-27)52-41(50-31)37-9-7-21-56(37)43(59)39(25(3)4)54-46(62)63-5/h6,8,10-17,20,22-25,34-35,37-39,44,53H,7,9,18-19,21H2,1-5H3,(H,49,51)(H,50,52)(H,54,62)(H,60,61)/t34-,35-,37+,38+,39+/m1/s1. The number of likely N-dealkylation sites (tertiary alicyclic amines) is 1. The highest BCUT2D eigenvalue weighted by Gasteiger charge is 2.39. The molecular formula is C46H51F2N9O7. The van der Waals surface area contributed by atoms with Crippen molar-refractivity contribution in [3.8, 4) is 17.3 Å². The van der Waals surface area contributed by atoms with Gasteiger partial charge in [0.2, 0.25) is 5.91 Å². The van der Waals surface area contributed by atoms with E-state index in [2.05, 4.69) is 42.4 Å². The highest BCUT2D eigenvalue weighted by atomic mass is 19.3. The van der Waals surface area contributed by atoms with Crippen molar-refractivity contribution in [3.63, 3.8) is 0 Å². The average Bonchev–Trinajstić information content (AvgIpc) is 4.12. The van der Waals surface area contributed by atoms with Crippen molar-refractivity contribution in [2.45, 2.75) is 90.2 Å². The van der Waals surface area contributed by atoms with Crippen LogP contribution in [0, 0.1) is 11.8 Å². The van der Waals surface area contributed by atoms with Gasteiger partial charge in [0.15, 0.2) is 5.82 Å². The molecular weight excluding hydrogens is 829 g/mol. The predicted octanol–water partition coefficient (Wildman–Crippen LogP) is 8.57. The number of hydrogen-bond donors (Lipinski definition) is 5. The van der Waals surface area contributed by atoms with E-state index in [9.17, 15) is 33.1 Å². The molecule has 18 heteroatoms. The van der Waals surface area contributed by atoms with E-state index in [0.29, 0.717) is 35.8 Å². The third-order valence-corrected chi connectivity index (χ3v) is 12.2. The molecule has 2 aliphatic rings. The quantitative estimate of drug-likeness (QED) is 0.0749. The van der Waals surface area contributed by atoms with Crippen LogP contribution in [-0.2, 0) is 9.53 Å². The third-order valence-electron chi connectivity index (χ3n) is 12.2. The number of carbonyl (C=O) groups is 4. The minimum atomic E-state index is -2.96. The summed E-state index contributed by atoms with van der Waals surface area (Å²) in [6.45, 7) is 4.86. The number of aromatic amines is 2. The topological polar surface area (TPSA) is 200 Å². The molecule has 8 rings (SSSR count). The lowest BCUT2D eigenvalue weighted by Gasteiger charge is -2.33. The number of nitrogens with zero attached hydrogens (tertiary/aromatic N) is 5. The number of imidazole rings is 2. The first-order valence-corrected chi connectivity index (χ1v) is 21.4. The SMILES string of the molecule is COC(=O)N[C@H](C(=O)N1CCC[C@H]1c1nc2cc([C@H]3CC[C@H](c4ccc5[nH]c(-c6cccn6C(=O)[C@@H](NC(=O)O)C(C)C)nc5c4)N3c3ccc(OC(F)F)cc3)ccc2[nH]1)C(C)C. The van der Waals surface area contributed by atoms with Crippen molar-refractivity contribution in [2.24, 2.45) is 11.8 Å². The first-order chi connectivity index (χ1) is 30.7. The second-order valence-electron chi connectivity index (χ2n) is 17.0. The van der Waals surface area contributed by atoms with E-state index in [0.717, 1.165) is 52.6 Å². The van der Waals surface area contributed by atoms with Gasteiger partial charge in [0.05, 0.1) is 53.0 Å². The Hall–Kier alpha value is -6.98. The molecule has 0 radical (unpaired) electrons. The van der Waals surface area contributed by atoms with Gasteiger partial charge in [-0.3, -0.25) is 14.2 Å². The Morgan fingerprint density at radius 2 is 1.41 bits per heavy atom. The molecule has 0 bridgehead atoms. The van der Waals surface area contributed by atoms with Gasteiger partial charge < -0.3 is 45.0 Å². The Labute approximate surface area is 367 Å². The van der Waals surface area contributed by atoms with Crippen LogP contribution < -0.4 is 20.3 Å². The van der Waals surface area contributed by atoms with Crippen molar-refractivity contribution in [1.29, 1.82) is 0 Å². The minimum absolute atomic E-state index is 0.0453. The molecule has 3 aromatic heterocycles. The van der Waals surface area contributed by atoms with Crippen molar-refractivity contribution in [2.75, 3.05) is 18.6 Å².